The second kappa shape index (κ2) is 8.96. The maximum atomic E-state index is 12.7. The standard InChI is InChI=1S/C20H17F2N3O7/c1-10(24-18(27)12-4-3-5-13(25(29)30)16(12)19(24)28)17(26)23-9-11-6-7-14(32-20(21)22)15(8-11)31-2/h3-8,10,20H,9H2,1-2H3,(H,23,26)/t10-/m0/s1. The molecule has 2 aromatic rings. The first-order valence-electron chi connectivity index (χ1n) is 9.20. The minimum absolute atomic E-state index is 0.0257. The maximum absolute atomic E-state index is 12.7. The quantitative estimate of drug-likeness (QED) is 0.373. The molecular weight excluding hydrogens is 432 g/mol. The van der Waals surface area contributed by atoms with E-state index >= 15 is 0 Å². The van der Waals surface area contributed by atoms with Gasteiger partial charge in [0.05, 0.1) is 17.6 Å². The lowest BCUT2D eigenvalue weighted by molar-refractivity contribution is -0.385. The predicted molar refractivity (Wildman–Crippen MR) is 105 cm³/mol. The van der Waals surface area contributed by atoms with Gasteiger partial charge in [-0.25, -0.2) is 0 Å². The summed E-state index contributed by atoms with van der Waals surface area (Å²) in [6.45, 7) is -1.80. The highest BCUT2D eigenvalue weighted by Crippen LogP contribution is 2.32. The van der Waals surface area contributed by atoms with E-state index < -0.39 is 41.0 Å². The van der Waals surface area contributed by atoms with Crippen LogP contribution >= 0.6 is 0 Å². The Kier molecular flexibility index (Phi) is 6.32. The lowest BCUT2D eigenvalue weighted by atomic mass is 10.1. The van der Waals surface area contributed by atoms with Crippen LogP contribution in [0.15, 0.2) is 36.4 Å². The Morgan fingerprint density at radius 3 is 2.53 bits per heavy atom. The third-order valence-electron chi connectivity index (χ3n) is 4.80. The Balaban J connectivity index is 1.73. The number of nitro groups is 1. The summed E-state index contributed by atoms with van der Waals surface area (Å²) >= 11 is 0. The molecule has 0 radical (unpaired) electrons. The molecule has 2 aromatic carbocycles. The van der Waals surface area contributed by atoms with Crippen LogP contribution in [0.4, 0.5) is 14.5 Å². The van der Waals surface area contributed by atoms with Gasteiger partial charge in [-0.2, -0.15) is 8.78 Å². The first-order chi connectivity index (χ1) is 15.1. The van der Waals surface area contributed by atoms with Crippen molar-refractivity contribution in [2.45, 2.75) is 26.1 Å². The Bertz CT molecular complexity index is 1110. The highest BCUT2D eigenvalue weighted by Gasteiger charge is 2.44. The monoisotopic (exact) mass is 449 g/mol. The van der Waals surface area contributed by atoms with E-state index in [0.717, 1.165) is 6.07 Å². The van der Waals surface area contributed by atoms with Crippen molar-refractivity contribution in [1.29, 1.82) is 0 Å². The van der Waals surface area contributed by atoms with E-state index in [9.17, 15) is 33.3 Å². The van der Waals surface area contributed by atoms with Crippen LogP contribution in [0.25, 0.3) is 0 Å². The molecule has 168 valence electrons. The molecule has 0 aliphatic carbocycles. The van der Waals surface area contributed by atoms with Crippen molar-refractivity contribution in [2.24, 2.45) is 0 Å². The van der Waals surface area contributed by atoms with Crippen molar-refractivity contribution in [3.63, 3.8) is 0 Å². The SMILES string of the molecule is COc1cc(CNC(=O)[C@H](C)N2C(=O)c3cccc([N+](=O)[O-])c3C2=O)ccc1OC(F)F. The van der Waals surface area contributed by atoms with Gasteiger partial charge in [0, 0.05) is 12.6 Å². The third kappa shape index (κ3) is 4.19. The van der Waals surface area contributed by atoms with E-state index in [1.807, 2.05) is 0 Å². The lowest BCUT2D eigenvalue weighted by Gasteiger charge is -2.21. The lowest BCUT2D eigenvalue weighted by Crippen LogP contribution is -2.47. The molecule has 0 aromatic heterocycles. The summed E-state index contributed by atoms with van der Waals surface area (Å²) in [4.78, 5) is 49.0. The molecule has 0 spiro atoms. The summed E-state index contributed by atoms with van der Waals surface area (Å²) in [6.07, 6.45) is 0. The summed E-state index contributed by atoms with van der Waals surface area (Å²) < 4.78 is 34.2. The molecule has 3 amide bonds. The number of halogens is 2. The van der Waals surface area contributed by atoms with E-state index in [0.29, 0.717) is 10.5 Å². The van der Waals surface area contributed by atoms with Gasteiger partial charge in [-0.1, -0.05) is 12.1 Å². The summed E-state index contributed by atoms with van der Waals surface area (Å²) in [6, 6.07) is 6.47. The number of rotatable bonds is 8. The highest BCUT2D eigenvalue weighted by atomic mass is 19.3. The van der Waals surface area contributed by atoms with E-state index in [1.54, 1.807) is 0 Å². The molecule has 10 nitrogen and oxygen atoms in total. The number of methoxy groups -OCH3 is 1. The molecule has 1 aliphatic heterocycles. The molecular formula is C20H17F2N3O7. The van der Waals surface area contributed by atoms with Gasteiger partial charge in [0.25, 0.3) is 17.5 Å². The number of amides is 3. The molecule has 1 N–H and O–H groups in total. The van der Waals surface area contributed by atoms with E-state index in [4.69, 9.17) is 4.74 Å². The molecule has 0 bridgehead atoms. The highest BCUT2D eigenvalue weighted by molar-refractivity contribution is 6.24. The molecule has 0 unspecified atom stereocenters. The molecule has 1 atom stereocenters. The van der Waals surface area contributed by atoms with Gasteiger partial charge in [0.1, 0.15) is 11.6 Å². The minimum Gasteiger partial charge on any atom is -0.493 e. The molecule has 0 saturated carbocycles. The summed E-state index contributed by atoms with van der Waals surface area (Å²) in [5.41, 5.74) is -0.555. The van der Waals surface area contributed by atoms with Crippen molar-refractivity contribution in [2.75, 3.05) is 7.11 Å². The van der Waals surface area contributed by atoms with Crippen LogP contribution in [0.5, 0.6) is 11.5 Å². The van der Waals surface area contributed by atoms with Crippen LogP contribution < -0.4 is 14.8 Å². The Morgan fingerprint density at radius 2 is 1.91 bits per heavy atom. The average Bonchev–Trinajstić information content (AvgIpc) is 3.01. The van der Waals surface area contributed by atoms with Gasteiger partial charge in [-0.3, -0.25) is 29.4 Å². The number of benzene rings is 2. The van der Waals surface area contributed by atoms with Crippen LogP contribution in [0, 0.1) is 10.1 Å². The minimum atomic E-state index is -3.04. The van der Waals surface area contributed by atoms with Crippen molar-refractivity contribution in [1.82, 2.24) is 10.2 Å². The van der Waals surface area contributed by atoms with Crippen LogP contribution in [0.1, 0.15) is 33.2 Å². The topological polar surface area (TPSA) is 128 Å². The zero-order valence-electron chi connectivity index (χ0n) is 16.8. The average molecular weight is 449 g/mol. The summed E-state index contributed by atoms with van der Waals surface area (Å²) in [5, 5.41) is 13.7. The van der Waals surface area contributed by atoms with E-state index in [2.05, 4.69) is 10.1 Å². The Morgan fingerprint density at radius 1 is 1.19 bits per heavy atom. The molecule has 12 heteroatoms. The number of imide groups is 1. The maximum Gasteiger partial charge on any atom is 0.387 e. The van der Waals surface area contributed by atoms with E-state index in [-0.39, 0.29) is 29.2 Å². The Labute approximate surface area is 179 Å². The zero-order valence-corrected chi connectivity index (χ0v) is 16.8. The number of carbonyl (C=O) groups is 3. The van der Waals surface area contributed by atoms with E-state index in [1.165, 1.54) is 44.4 Å². The molecule has 0 saturated heterocycles. The van der Waals surface area contributed by atoms with Crippen molar-refractivity contribution >= 4 is 23.4 Å². The fourth-order valence-corrected chi connectivity index (χ4v) is 3.26. The fourth-order valence-electron chi connectivity index (χ4n) is 3.26. The summed E-state index contributed by atoms with van der Waals surface area (Å²) in [7, 11) is 1.26. The second-order valence-electron chi connectivity index (χ2n) is 6.69. The fraction of sp³-hybridized carbons (Fsp3) is 0.250. The van der Waals surface area contributed by atoms with Crippen LogP contribution in [-0.4, -0.2) is 47.3 Å². The number of alkyl halides is 2. The number of hydrogen-bond donors (Lipinski definition) is 1. The molecule has 1 aliphatic rings. The largest absolute Gasteiger partial charge is 0.493 e. The van der Waals surface area contributed by atoms with Crippen molar-refractivity contribution in [3.05, 3.63) is 63.2 Å². The van der Waals surface area contributed by atoms with Crippen molar-refractivity contribution < 1.29 is 37.6 Å². The van der Waals surface area contributed by atoms with Crippen LogP contribution in [0.3, 0.4) is 0 Å². The van der Waals surface area contributed by atoms with Gasteiger partial charge in [0.2, 0.25) is 5.91 Å². The number of carbonyl (C=O) groups excluding carboxylic acids is 3. The molecule has 0 fully saturated rings. The second-order valence-corrected chi connectivity index (χ2v) is 6.69. The number of ether oxygens (including phenoxy) is 2. The van der Waals surface area contributed by atoms with Gasteiger partial charge in [0.15, 0.2) is 11.5 Å². The normalized spacial score (nSPS) is 13.7. The Hall–Kier alpha value is -4.09. The van der Waals surface area contributed by atoms with Crippen LogP contribution in [0.2, 0.25) is 0 Å². The van der Waals surface area contributed by atoms with Gasteiger partial charge in [-0.15, -0.1) is 0 Å². The third-order valence-corrected chi connectivity index (χ3v) is 4.80. The first-order valence-corrected chi connectivity index (χ1v) is 9.20. The van der Waals surface area contributed by atoms with Crippen molar-refractivity contribution in [3.8, 4) is 11.5 Å². The van der Waals surface area contributed by atoms with Crippen LogP contribution in [-0.2, 0) is 11.3 Å². The predicted octanol–water partition coefficient (Wildman–Crippen LogP) is 2.51. The molecule has 3 rings (SSSR count). The summed E-state index contributed by atoms with van der Waals surface area (Å²) in [5.74, 6) is -2.60. The number of fused-ring (bicyclic) bond motifs is 1. The van der Waals surface area contributed by atoms with Gasteiger partial charge >= 0.3 is 6.61 Å². The number of nitro benzene ring substituents is 1. The first kappa shape index (κ1) is 22.6. The van der Waals surface area contributed by atoms with Gasteiger partial charge in [-0.05, 0) is 30.7 Å². The van der Waals surface area contributed by atoms with Gasteiger partial charge < -0.3 is 14.8 Å². The number of hydrogen-bond acceptors (Lipinski definition) is 7. The number of nitrogens with one attached hydrogen (secondary N) is 1. The zero-order chi connectivity index (χ0) is 23.6. The molecule has 32 heavy (non-hydrogen) atoms. The molecule has 1 heterocycles. The number of nitrogens with zero attached hydrogens (tertiary/aromatic N) is 2. The smallest absolute Gasteiger partial charge is 0.387 e.